The summed E-state index contributed by atoms with van der Waals surface area (Å²) in [5.74, 6) is -2.70. The molecule has 164 valence electrons. The van der Waals surface area contributed by atoms with Gasteiger partial charge in [0.2, 0.25) is 11.8 Å². The van der Waals surface area contributed by atoms with Gasteiger partial charge in [0.25, 0.3) is 0 Å². The van der Waals surface area contributed by atoms with Crippen molar-refractivity contribution in [2.45, 2.75) is 57.8 Å². The molecule has 0 spiro atoms. The predicted octanol–water partition coefficient (Wildman–Crippen LogP) is 0.519. The monoisotopic (exact) mass is 418 g/mol. The summed E-state index contributed by atoms with van der Waals surface area (Å²) in [6.45, 7) is 5.04. The quantitative estimate of drug-likeness (QED) is 0.330. The van der Waals surface area contributed by atoms with Crippen LogP contribution in [-0.4, -0.2) is 57.2 Å². The van der Waals surface area contributed by atoms with E-state index in [-0.39, 0.29) is 12.3 Å². The zero-order chi connectivity index (χ0) is 22.4. The summed E-state index contributed by atoms with van der Waals surface area (Å²) in [6, 6.07) is 4.03. The van der Waals surface area contributed by atoms with Crippen LogP contribution in [0.15, 0.2) is 30.5 Å². The fraction of sp³-hybridized carbons (Fsp3) is 0.476. The molecule has 0 saturated carbocycles. The number of carboxylic acids is 1. The lowest BCUT2D eigenvalue weighted by atomic mass is 9.98. The number of rotatable bonds is 10. The number of carbonyl (C=O) groups excluding carboxylic acids is 2. The average Bonchev–Trinajstić information content (AvgIpc) is 3.12. The topological polar surface area (TPSA) is 158 Å². The molecule has 9 heteroatoms. The van der Waals surface area contributed by atoms with Gasteiger partial charge in [-0.25, -0.2) is 4.79 Å². The molecular weight excluding hydrogens is 388 g/mol. The van der Waals surface area contributed by atoms with Gasteiger partial charge >= 0.3 is 5.97 Å². The minimum Gasteiger partial charge on any atom is -0.480 e. The third kappa shape index (κ3) is 5.58. The SMILES string of the molecule is CCC(C)C(N)C(=O)NC(C(=O)NC(Cc1c[nH]c2ccccc12)C(=O)O)C(C)O. The molecule has 2 amide bonds. The number of aliphatic hydroxyl groups excluding tert-OH is 1. The van der Waals surface area contributed by atoms with Crippen LogP contribution in [0.4, 0.5) is 0 Å². The summed E-state index contributed by atoms with van der Waals surface area (Å²) < 4.78 is 0. The predicted molar refractivity (Wildman–Crippen MR) is 113 cm³/mol. The highest BCUT2D eigenvalue weighted by molar-refractivity contribution is 5.92. The van der Waals surface area contributed by atoms with Gasteiger partial charge in [-0.1, -0.05) is 38.5 Å². The van der Waals surface area contributed by atoms with Crippen LogP contribution in [0.25, 0.3) is 10.9 Å². The maximum absolute atomic E-state index is 12.7. The van der Waals surface area contributed by atoms with E-state index in [9.17, 15) is 24.6 Å². The zero-order valence-corrected chi connectivity index (χ0v) is 17.4. The molecule has 0 aliphatic carbocycles. The van der Waals surface area contributed by atoms with Crippen LogP contribution in [0.2, 0.25) is 0 Å². The number of amides is 2. The number of aromatic nitrogens is 1. The summed E-state index contributed by atoms with van der Waals surface area (Å²) in [5, 5.41) is 25.3. The summed E-state index contributed by atoms with van der Waals surface area (Å²) in [5.41, 5.74) is 7.48. The third-order valence-corrected chi connectivity index (χ3v) is 5.34. The number of carbonyl (C=O) groups is 3. The summed E-state index contributed by atoms with van der Waals surface area (Å²) >= 11 is 0. The first kappa shape index (κ1) is 23.4. The van der Waals surface area contributed by atoms with E-state index in [1.807, 2.05) is 38.1 Å². The van der Waals surface area contributed by atoms with Gasteiger partial charge in [0.1, 0.15) is 12.1 Å². The number of nitrogens with one attached hydrogen (secondary N) is 3. The number of hydrogen-bond donors (Lipinski definition) is 6. The van der Waals surface area contributed by atoms with E-state index in [4.69, 9.17) is 5.73 Å². The van der Waals surface area contributed by atoms with Crippen molar-refractivity contribution in [3.8, 4) is 0 Å². The van der Waals surface area contributed by atoms with Crippen LogP contribution in [0, 0.1) is 5.92 Å². The van der Waals surface area contributed by atoms with Crippen molar-refractivity contribution < 1.29 is 24.6 Å². The molecular formula is C21H30N4O5. The molecule has 2 rings (SSSR count). The van der Waals surface area contributed by atoms with E-state index in [0.29, 0.717) is 6.42 Å². The number of aliphatic hydroxyl groups is 1. The van der Waals surface area contributed by atoms with Gasteiger partial charge in [-0.15, -0.1) is 0 Å². The molecule has 0 aliphatic rings. The molecule has 0 bridgehead atoms. The Morgan fingerprint density at radius 3 is 2.40 bits per heavy atom. The van der Waals surface area contributed by atoms with Crippen LogP contribution in [0.5, 0.6) is 0 Å². The molecule has 1 aromatic carbocycles. The van der Waals surface area contributed by atoms with Crippen LogP contribution >= 0.6 is 0 Å². The van der Waals surface area contributed by atoms with E-state index in [0.717, 1.165) is 16.5 Å². The number of nitrogens with two attached hydrogens (primary N) is 1. The van der Waals surface area contributed by atoms with Crippen molar-refractivity contribution in [2.75, 3.05) is 0 Å². The maximum Gasteiger partial charge on any atom is 0.326 e. The Labute approximate surface area is 175 Å². The second kappa shape index (κ2) is 10.2. The average molecular weight is 418 g/mol. The third-order valence-electron chi connectivity index (χ3n) is 5.34. The lowest BCUT2D eigenvalue weighted by Crippen LogP contribution is -2.59. The van der Waals surface area contributed by atoms with Crippen molar-refractivity contribution in [2.24, 2.45) is 11.7 Å². The first-order valence-corrected chi connectivity index (χ1v) is 9.97. The Morgan fingerprint density at radius 1 is 1.13 bits per heavy atom. The Bertz CT molecular complexity index is 894. The van der Waals surface area contributed by atoms with Gasteiger partial charge in [0.15, 0.2) is 0 Å². The minimum atomic E-state index is -1.32. The van der Waals surface area contributed by atoms with Crippen molar-refractivity contribution in [1.82, 2.24) is 15.6 Å². The van der Waals surface area contributed by atoms with Gasteiger partial charge in [0.05, 0.1) is 12.1 Å². The molecule has 5 unspecified atom stereocenters. The Kier molecular flexibility index (Phi) is 7.96. The highest BCUT2D eigenvalue weighted by Gasteiger charge is 2.32. The molecule has 0 aliphatic heterocycles. The van der Waals surface area contributed by atoms with Crippen molar-refractivity contribution in [1.29, 1.82) is 0 Å². The second-order valence-electron chi connectivity index (χ2n) is 7.60. The maximum atomic E-state index is 12.7. The highest BCUT2D eigenvalue weighted by Crippen LogP contribution is 2.19. The number of fused-ring (bicyclic) bond motifs is 1. The lowest BCUT2D eigenvalue weighted by Gasteiger charge is -2.26. The zero-order valence-electron chi connectivity index (χ0n) is 17.4. The number of aromatic amines is 1. The number of hydrogen-bond acceptors (Lipinski definition) is 5. The smallest absolute Gasteiger partial charge is 0.326 e. The molecule has 1 heterocycles. The molecule has 0 radical (unpaired) electrons. The molecule has 0 saturated heterocycles. The fourth-order valence-electron chi connectivity index (χ4n) is 3.15. The van der Waals surface area contributed by atoms with E-state index in [2.05, 4.69) is 15.6 Å². The lowest BCUT2D eigenvalue weighted by molar-refractivity contribution is -0.142. The van der Waals surface area contributed by atoms with Crippen LogP contribution in [0.1, 0.15) is 32.8 Å². The first-order chi connectivity index (χ1) is 14.1. The Morgan fingerprint density at radius 2 is 1.80 bits per heavy atom. The number of benzene rings is 1. The van der Waals surface area contributed by atoms with E-state index in [1.165, 1.54) is 6.92 Å². The van der Waals surface area contributed by atoms with Crippen molar-refractivity contribution >= 4 is 28.7 Å². The largest absolute Gasteiger partial charge is 0.480 e. The molecule has 9 nitrogen and oxygen atoms in total. The molecule has 30 heavy (non-hydrogen) atoms. The normalized spacial score (nSPS) is 16.3. The van der Waals surface area contributed by atoms with Crippen LogP contribution in [0.3, 0.4) is 0 Å². The summed E-state index contributed by atoms with van der Waals surface area (Å²) in [4.78, 5) is 39.8. The van der Waals surface area contributed by atoms with Gasteiger partial charge in [-0.2, -0.15) is 0 Å². The van der Waals surface area contributed by atoms with Crippen LogP contribution in [-0.2, 0) is 20.8 Å². The number of carboxylic acid groups (broad SMARTS) is 1. The van der Waals surface area contributed by atoms with Gasteiger partial charge in [-0.05, 0) is 24.5 Å². The van der Waals surface area contributed by atoms with Crippen molar-refractivity contribution in [3.63, 3.8) is 0 Å². The van der Waals surface area contributed by atoms with Gasteiger partial charge in [0, 0.05) is 23.5 Å². The Balaban J connectivity index is 2.13. The molecule has 1 aromatic heterocycles. The summed E-state index contributed by atoms with van der Waals surface area (Å²) in [6.07, 6.45) is 1.18. The molecule has 5 atom stereocenters. The highest BCUT2D eigenvalue weighted by atomic mass is 16.4. The van der Waals surface area contributed by atoms with Gasteiger partial charge < -0.3 is 31.6 Å². The fourth-order valence-corrected chi connectivity index (χ4v) is 3.15. The summed E-state index contributed by atoms with van der Waals surface area (Å²) in [7, 11) is 0. The van der Waals surface area contributed by atoms with E-state index in [1.54, 1.807) is 6.20 Å². The molecule has 2 aromatic rings. The van der Waals surface area contributed by atoms with Crippen LogP contribution < -0.4 is 16.4 Å². The van der Waals surface area contributed by atoms with E-state index < -0.39 is 42.0 Å². The number of H-pyrrole nitrogens is 1. The molecule has 7 N–H and O–H groups in total. The first-order valence-electron chi connectivity index (χ1n) is 9.97. The molecule has 0 fully saturated rings. The number of aliphatic carboxylic acids is 1. The second-order valence-corrected chi connectivity index (χ2v) is 7.60. The Hall–Kier alpha value is -2.91. The van der Waals surface area contributed by atoms with Gasteiger partial charge in [-0.3, -0.25) is 9.59 Å². The van der Waals surface area contributed by atoms with Crippen molar-refractivity contribution in [3.05, 3.63) is 36.0 Å². The standard InChI is InChI=1S/C21H30N4O5/c1-4-11(2)17(22)19(27)25-18(12(3)26)20(28)24-16(21(29)30)9-13-10-23-15-8-6-5-7-14(13)15/h5-8,10-12,16-18,23,26H,4,9,22H2,1-3H3,(H,24,28)(H,25,27)(H,29,30). The number of para-hydroxylation sites is 1. The van der Waals surface area contributed by atoms with E-state index >= 15 is 0 Å². The minimum absolute atomic E-state index is 0.0396.